The summed E-state index contributed by atoms with van der Waals surface area (Å²) in [6, 6.07) is 1.41. The second kappa shape index (κ2) is 3.72. The van der Waals surface area contributed by atoms with Crippen LogP contribution in [0, 0.1) is 0 Å². The second-order valence-corrected chi connectivity index (χ2v) is 3.24. The predicted molar refractivity (Wildman–Crippen MR) is 51.3 cm³/mol. The van der Waals surface area contributed by atoms with Crippen LogP contribution in [0.4, 0.5) is 4.79 Å². The van der Waals surface area contributed by atoms with E-state index in [2.05, 4.69) is 9.72 Å². The van der Waals surface area contributed by atoms with E-state index in [0.717, 1.165) is 0 Å². The van der Waals surface area contributed by atoms with Gasteiger partial charge >= 0.3 is 6.09 Å². The van der Waals surface area contributed by atoms with Crippen LogP contribution in [0.1, 0.15) is 5.82 Å². The average Bonchev–Trinajstić information content (AvgIpc) is 2.28. The van der Waals surface area contributed by atoms with Crippen molar-refractivity contribution in [3.63, 3.8) is 0 Å². The van der Waals surface area contributed by atoms with Gasteiger partial charge in [0.15, 0.2) is 0 Å². The molecule has 15 heavy (non-hydrogen) atoms. The molecule has 1 aromatic rings. The van der Waals surface area contributed by atoms with E-state index in [1.54, 1.807) is 4.57 Å². The lowest BCUT2D eigenvalue weighted by molar-refractivity contribution is 0.110. The van der Waals surface area contributed by atoms with Crippen LogP contribution in [0.15, 0.2) is 17.1 Å². The highest BCUT2D eigenvalue weighted by molar-refractivity contribution is 5.67. The van der Waals surface area contributed by atoms with Crippen molar-refractivity contribution in [3.05, 3.63) is 28.4 Å². The van der Waals surface area contributed by atoms with Gasteiger partial charge in [0, 0.05) is 25.4 Å². The molecule has 2 rings (SSSR count). The topological polar surface area (TPSA) is 64.4 Å². The molecule has 0 atom stereocenters. The quantitative estimate of drug-likeness (QED) is 0.594. The van der Waals surface area contributed by atoms with Crippen LogP contribution in [0.25, 0.3) is 0 Å². The molecule has 0 aliphatic carbocycles. The molecule has 0 saturated heterocycles. The zero-order valence-electron chi connectivity index (χ0n) is 8.34. The molecule has 6 heteroatoms. The van der Waals surface area contributed by atoms with Crippen molar-refractivity contribution in [1.82, 2.24) is 14.5 Å². The van der Waals surface area contributed by atoms with E-state index in [-0.39, 0.29) is 11.7 Å². The molecule has 1 amide bonds. The molecule has 1 aromatic heterocycles. The van der Waals surface area contributed by atoms with E-state index in [1.807, 2.05) is 0 Å². The second-order valence-electron chi connectivity index (χ2n) is 3.24. The van der Waals surface area contributed by atoms with E-state index in [4.69, 9.17) is 0 Å². The van der Waals surface area contributed by atoms with E-state index in [9.17, 15) is 9.59 Å². The Hall–Kier alpha value is -1.85. The third-order valence-corrected chi connectivity index (χ3v) is 2.38. The average molecular weight is 209 g/mol. The Morgan fingerprint density at radius 3 is 3.07 bits per heavy atom. The third-order valence-electron chi connectivity index (χ3n) is 2.38. The summed E-state index contributed by atoms with van der Waals surface area (Å²) < 4.78 is 6.18. The van der Waals surface area contributed by atoms with Crippen LogP contribution in [0.3, 0.4) is 0 Å². The van der Waals surface area contributed by atoms with E-state index < -0.39 is 0 Å². The van der Waals surface area contributed by atoms with Crippen LogP contribution >= 0.6 is 0 Å². The van der Waals surface area contributed by atoms with Crippen molar-refractivity contribution >= 4 is 6.09 Å². The van der Waals surface area contributed by atoms with Crippen molar-refractivity contribution < 1.29 is 9.53 Å². The van der Waals surface area contributed by atoms with Crippen LogP contribution in [-0.4, -0.2) is 34.2 Å². The molecule has 1 aliphatic rings. The lowest BCUT2D eigenvalue weighted by Crippen LogP contribution is -2.42. The Kier molecular flexibility index (Phi) is 2.40. The summed E-state index contributed by atoms with van der Waals surface area (Å²) in [6.45, 7) is 1.27. The highest BCUT2D eigenvalue weighted by Crippen LogP contribution is 2.07. The van der Waals surface area contributed by atoms with Gasteiger partial charge in [0.2, 0.25) is 0 Å². The van der Waals surface area contributed by atoms with Gasteiger partial charge in [0.25, 0.3) is 5.56 Å². The lowest BCUT2D eigenvalue weighted by atomic mass is 10.3. The maximum absolute atomic E-state index is 11.4. The van der Waals surface area contributed by atoms with Gasteiger partial charge in [-0.3, -0.25) is 14.3 Å². The van der Waals surface area contributed by atoms with E-state index in [1.165, 1.54) is 24.3 Å². The van der Waals surface area contributed by atoms with Gasteiger partial charge in [-0.15, -0.1) is 0 Å². The molecule has 0 N–H and O–H groups in total. The first kappa shape index (κ1) is 9.70. The molecule has 2 heterocycles. The number of rotatable bonds is 0. The summed E-state index contributed by atoms with van der Waals surface area (Å²) in [5.41, 5.74) is -0.0792. The molecule has 0 radical (unpaired) electrons. The fraction of sp³-hybridized carbons (Fsp3) is 0.444. The highest BCUT2D eigenvalue weighted by atomic mass is 16.5. The summed E-state index contributed by atoms with van der Waals surface area (Å²) >= 11 is 0. The molecular weight excluding hydrogens is 198 g/mol. The first-order valence-corrected chi connectivity index (χ1v) is 4.60. The first-order valence-electron chi connectivity index (χ1n) is 4.60. The van der Waals surface area contributed by atoms with Gasteiger partial charge in [-0.25, -0.2) is 9.78 Å². The van der Waals surface area contributed by atoms with Crippen molar-refractivity contribution in [2.24, 2.45) is 0 Å². The number of ether oxygens (including phenoxy) is 1. The van der Waals surface area contributed by atoms with Gasteiger partial charge in [0.05, 0.1) is 13.7 Å². The van der Waals surface area contributed by atoms with Crippen molar-refractivity contribution in [2.45, 2.75) is 13.1 Å². The maximum atomic E-state index is 11.4. The predicted octanol–water partition coefficient (Wildman–Crippen LogP) is -0.175. The molecule has 6 nitrogen and oxygen atoms in total. The number of methoxy groups -OCH3 is 1. The molecule has 0 saturated carbocycles. The molecule has 0 unspecified atom stereocenters. The number of hydrogen-bond donors (Lipinski definition) is 0. The number of fused-ring (bicyclic) bond motifs is 1. The smallest absolute Gasteiger partial charge is 0.409 e. The zero-order valence-corrected chi connectivity index (χ0v) is 8.34. The summed E-state index contributed by atoms with van der Waals surface area (Å²) in [4.78, 5) is 28.2. The maximum Gasteiger partial charge on any atom is 0.409 e. The standard InChI is InChI=1S/C9H11N3O3/c1-15-9(14)11-4-5-12-7(6-11)10-3-2-8(12)13/h2-3H,4-6H2,1H3. The SMILES string of the molecule is COC(=O)N1CCn2c(nccc2=O)C1. The molecule has 80 valence electrons. The van der Waals surface area contributed by atoms with Gasteiger partial charge < -0.3 is 4.74 Å². The van der Waals surface area contributed by atoms with Crippen molar-refractivity contribution in [2.75, 3.05) is 13.7 Å². The number of nitrogens with zero attached hydrogens (tertiary/aromatic N) is 3. The number of amides is 1. The number of hydrogen-bond acceptors (Lipinski definition) is 4. The zero-order chi connectivity index (χ0) is 10.8. The van der Waals surface area contributed by atoms with Gasteiger partial charge in [-0.2, -0.15) is 0 Å². The number of carbonyl (C=O) groups is 1. The minimum atomic E-state index is -0.389. The monoisotopic (exact) mass is 209 g/mol. The van der Waals surface area contributed by atoms with Gasteiger partial charge in [-0.1, -0.05) is 0 Å². The summed E-state index contributed by atoms with van der Waals surface area (Å²) in [5, 5.41) is 0. The van der Waals surface area contributed by atoms with E-state index >= 15 is 0 Å². The molecule has 1 aliphatic heterocycles. The molecule has 0 bridgehead atoms. The minimum absolute atomic E-state index is 0.0792. The number of aromatic nitrogens is 2. The Balaban J connectivity index is 2.28. The Morgan fingerprint density at radius 1 is 1.53 bits per heavy atom. The Bertz CT molecular complexity index is 440. The number of carbonyl (C=O) groups excluding carboxylic acids is 1. The molecule has 0 aromatic carbocycles. The third kappa shape index (κ3) is 1.70. The van der Waals surface area contributed by atoms with Crippen molar-refractivity contribution in [1.29, 1.82) is 0 Å². The first-order chi connectivity index (χ1) is 7.22. The van der Waals surface area contributed by atoms with Gasteiger partial charge in [0.1, 0.15) is 5.82 Å². The molecular formula is C9H11N3O3. The minimum Gasteiger partial charge on any atom is -0.453 e. The highest BCUT2D eigenvalue weighted by Gasteiger charge is 2.21. The van der Waals surface area contributed by atoms with Gasteiger partial charge in [-0.05, 0) is 0 Å². The lowest BCUT2D eigenvalue weighted by Gasteiger charge is -2.27. The van der Waals surface area contributed by atoms with Crippen LogP contribution in [-0.2, 0) is 17.8 Å². The Labute approximate surface area is 86.1 Å². The van der Waals surface area contributed by atoms with Crippen LogP contribution in [0.2, 0.25) is 0 Å². The van der Waals surface area contributed by atoms with E-state index in [0.29, 0.717) is 25.5 Å². The van der Waals surface area contributed by atoms with Crippen LogP contribution < -0.4 is 5.56 Å². The molecule has 0 fully saturated rings. The molecule has 0 spiro atoms. The fourth-order valence-electron chi connectivity index (χ4n) is 1.59. The Morgan fingerprint density at radius 2 is 2.33 bits per heavy atom. The largest absolute Gasteiger partial charge is 0.453 e. The van der Waals surface area contributed by atoms with Crippen molar-refractivity contribution in [3.8, 4) is 0 Å². The summed E-state index contributed by atoms with van der Waals surface area (Å²) in [6.07, 6.45) is 1.06. The summed E-state index contributed by atoms with van der Waals surface area (Å²) in [7, 11) is 1.34. The normalized spacial score (nSPS) is 14.6. The summed E-state index contributed by atoms with van der Waals surface area (Å²) in [5.74, 6) is 0.596. The van der Waals surface area contributed by atoms with Crippen LogP contribution in [0.5, 0.6) is 0 Å². The fourth-order valence-corrected chi connectivity index (χ4v) is 1.59.